The lowest BCUT2D eigenvalue weighted by Gasteiger charge is -2.53. The van der Waals surface area contributed by atoms with Crippen LogP contribution in [-0.4, -0.2) is 30.8 Å². The van der Waals surface area contributed by atoms with Crippen LogP contribution in [-0.2, 0) is 16.1 Å². The van der Waals surface area contributed by atoms with E-state index in [4.69, 9.17) is 9.47 Å². The highest BCUT2D eigenvalue weighted by molar-refractivity contribution is 5.73. The summed E-state index contributed by atoms with van der Waals surface area (Å²) in [6.45, 7) is 6.90. The van der Waals surface area contributed by atoms with Crippen LogP contribution >= 0.6 is 0 Å². The Morgan fingerprint density at radius 1 is 1.41 bits per heavy atom. The molecular formula is C22H31NO4. The van der Waals surface area contributed by atoms with Crippen LogP contribution in [0, 0.1) is 22.7 Å². The van der Waals surface area contributed by atoms with Gasteiger partial charge in [0.2, 0.25) is 5.91 Å². The molecule has 1 aromatic rings. The zero-order valence-corrected chi connectivity index (χ0v) is 16.7. The third-order valence-corrected chi connectivity index (χ3v) is 7.66. The van der Waals surface area contributed by atoms with Gasteiger partial charge in [-0.2, -0.15) is 0 Å². The highest BCUT2D eigenvalue weighted by atomic mass is 16.5. The molecule has 1 unspecified atom stereocenters. The van der Waals surface area contributed by atoms with E-state index < -0.39 is 0 Å². The zero-order valence-electron chi connectivity index (χ0n) is 16.7. The summed E-state index contributed by atoms with van der Waals surface area (Å²) in [6, 6.07) is 6.20. The lowest BCUT2D eigenvalue weighted by Crippen LogP contribution is -2.58. The minimum absolute atomic E-state index is 0.00677. The van der Waals surface area contributed by atoms with E-state index >= 15 is 0 Å². The summed E-state index contributed by atoms with van der Waals surface area (Å²) in [5.41, 5.74) is 2.11. The molecule has 148 valence electrons. The highest BCUT2D eigenvalue weighted by Gasteiger charge is 2.68. The number of carbonyl (C=O) groups excluding carboxylic acids is 1. The van der Waals surface area contributed by atoms with Crippen molar-refractivity contribution in [2.24, 2.45) is 22.7 Å². The number of benzene rings is 1. The molecule has 1 spiro atoms. The van der Waals surface area contributed by atoms with Crippen LogP contribution in [0.3, 0.4) is 0 Å². The van der Waals surface area contributed by atoms with E-state index in [1.807, 2.05) is 12.1 Å². The van der Waals surface area contributed by atoms with E-state index in [0.717, 1.165) is 24.0 Å². The monoisotopic (exact) mass is 373 g/mol. The molecule has 27 heavy (non-hydrogen) atoms. The van der Waals surface area contributed by atoms with Gasteiger partial charge in [0, 0.05) is 25.1 Å². The Kier molecular flexibility index (Phi) is 4.51. The van der Waals surface area contributed by atoms with E-state index in [0.29, 0.717) is 24.2 Å². The molecule has 1 heterocycles. The molecule has 1 saturated heterocycles. The molecule has 1 amide bonds. The maximum atomic E-state index is 12.0. The summed E-state index contributed by atoms with van der Waals surface area (Å²) in [5, 5.41) is 13.0. The fourth-order valence-corrected chi connectivity index (χ4v) is 6.42. The molecule has 2 saturated carbocycles. The standard InChI is InChI=1S/C22H31NO4/c1-13(25)23-20-21(2,3)16-10-17-19(27-8-7-22(17,20)11-16)14-5-6-18(26-4)15(9-14)12-24/h5-6,9,16-17,19-20,24H,7-8,10-12H2,1-4H3,(H,23,25)/t16-,17-,19-,20+,22?/m1/s1. The Morgan fingerprint density at radius 2 is 2.19 bits per heavy atom. The van der Waals surface area contributed by atoms with E-state index in [9.17, 15) is 9.90 Å². The van der Waals surface area contributed by atoms with Crippen molar-refractivity contribution in [3.8, 4) is 5.75 Å². The predicted octanol–water partition coefficient (Wildman–Crippen LogP) is 3.21. The molecule has 3 aliphatic rings. The first-order chi connectivity index (χ1) is 12.8. The van der Waals surface area contributed by atoms with Crippen LogP contribution < -0.4 is 10.1 Å². The normalized spacial score (nSPS) is 36.3. The van der Waals surface area contributed by atoms with Crippen LogP contribution in [0.4, 0.5) is 0 Å². The average Bonchev–Trinajstić information content (AvgIpc) is 3.13. The molecular weight excluding hydrogens is 342 g/mol. The Labute approximate surface area is 161 Å². The second kappa shape index (κ2) is 6.49. The van der Waals surface area contributed by atoms with Gasteiger partial charge in [-0.05, 0) is 59.6 Å². The van der Waals surface area contributed by atoms with Crippen LogP contribution in [0.2, 0.25) is 0 Å². The van der Waals surface area contributed by atoms with Gasteiger partial charge in [0.25, 0.3) is 0 Å². The summed E-state index contributed by atoms with van der Waals surface area (Å²) in [6.07, 6.45) is 3.31. The van der Waals surface area contributed by atoms with Gasteiger partial charge in [0.1, 0.15) is 5.75 Å². The third-order valence-electron chi connectivity index (χ3n) is 7.66. The minimum atomic E-state index is -0.0519. The van der Waals surface area contributed by atoms with Crippen molar-refractivity contribution in [3.05, 3.63) is 29.3 Å². The van der Waals surface area contributed by atoms with Crippen LogP contribution in [0.5, 0.6) is 5.75 Å². The number of amides is 1. The first-order valence-electron chi connectivity index (χ1n) is 10.00. The summed E-state index contributed by atoms with van der Waals surface area (Å²) in [5.74, 6) is 1.75. The maximum absolute atomic E-state index is 12.0. The predicted molar refractivity (Wildman–Crippen MR) is 102 cm³/mol. The molecule has 1 aromatic carbocycles. The van der Waals surface area contributed by atoms with Crippen molar-refractivity contribution >= 4 is 5.91 Å². The number of hydrogen-bond donors (Lipinski definition) is 2. The average molecular weight is 373 g/mol. The number of hydrogen-bond acceptors (Lipinski definition) is 4. The van der Waals surface area contributed by atoms with Gasteiger partial charge in [-0.25, -0.2) is 0 Å². The molecule has 0 radical (unpaired) electrons. The van der Waals surface area contributed by atoms with E-state index in [1.165, 1.54) is 6.42 Å². The fraction of sp³-hybridized carbons (Fsp3) is 0.682. The zero-order chi connectivity index (χ0) is 19.4. The van der Waals surface area contributed by atoms with Gasteiger partial charge in [0.15, 0.2) is 0 Å². The van der Waals surface area contributed by atoms with Crippen molar-refractivity contribution in [2.75, 3.05) is 13.7 Å². The Morgan fingerprint density at radius 3 is 2.85 bits per heavy atom. The molecule has 1 aliphatic heterocycles. The third kappa shape index (κ3) is 2.70. The SMILES string of the molecule is COc1ccc([C@H]2OCCC34C[C@@H](C[C@H]23)C(C)(C)[C@@H]4NC(C)=O)cc1CO. The molecule has 5 heteroatoms. The Bertz CT molecular complexity index is 746. The summed E-state index contributed by atoms with van der Waals surface area (Å²) in [4.78, 5) is 12.0. The van der Waals surface area contributed by atoms with E-state index in [1.54, 1.807) is 14.0 Å². The largest absolute Gasteiger partial charge is 0.496 e. The summed E-state index contributed by atoms with van der Waals surface area (Å²) < 4.78 is 11.6. The Hall–Kier alpha value is -1.59. The molecule has 2 N–H and O–H groups in total. The lowest BCUT2D eigenvalue weighted by atomic mass is 9.59. The molecule has 3 fully saturated rings. The van der Waals surface area contributed by atoms with Crippen molar-refractivity contribution < 1.29 is 19.4 Å². The molecule has 2 aliphatic carbocycles. The smallest absolute Gasteiger partial charge is 0.217 e. The van der Waals surface area contributed by atoms with Crippen molar-refractivity contribution in [1.82, 2.24) is 5.32 Å². The van der Waals surface area contributed by atoms with Gasteiger partial charge in [-0.15, -0.1) is 0 Å². The van der Waals surface area contributed by atoms with Crippen molar-refractivity contribution in [3.63, 3.8) is 0 Å². The maximum Gasteiger partial charge on any atom is 0.217 e. The van der Waals surface area contributed by atoms with E-state index in [-0.39, 0.29) is 35.5 Å². The molecule has 5 nitrogen and oxygen atoms in total. The Balaban J connectivity index is 1.70. The summed E-state index contributed by atoms with van der Waals surface area (Å²) in [7, 11) is 1.62. The van der Waals surface area contributed by atoms with Crippen LogP contribution in [0.15, 0.2) is 18.2 Å². The van der Waals surface area contributed by atoms with Gasteiger partial charge in [0.05, 0.1) is 19.8 Å². The number of rotatable bonds is 4. The number of nitrogens with one attached hydrogen (secondary N) is 1. The van der Waals surface area contributed by atoms with Crippen LogP contribution in [0.25, 0.3) is 0 Å². The first kappa shape index (κ1) is 18.8. The second-order valence-corrected chi connectivity index (χ2v) is 9.20. The van der Waals surface area contributed by atoms with Gasteiger partial charge in [-0.1, -0.05) is 19.9 Å². The molecule has 0 aromatic heterocycles. The number of aliphatic hydroxyl groups is 1. The van der Waals surface area contributed by atoms with Gasteiger partial charge >= 0.3 is 0 Å². The number of methoxy groups -OCH3 is 1. The van der Waals surface area contributed by atoms with Gasteiger partial charge in [-0.3, -0.25) is 4.79 Å². The van der Waals surface area contributed by atoms with Crippen LogP contribution in [0.1, 0.15) is 57.3 Å². The van der Waals surface area contributed by atoms with Gasteiger partial charge < -0.3 is 19.9 Å². The lowest BCUT2D eigenvalue weighted by molar-refractivity contribution is -0.136. The quantitative estimate of drug-likeness (QED) is 0.850. The minimum Gasteiger partial charge on any atom is -0.496 e. The fourth-order valence-electron chi connectivity index (χ4n) is 6.42. The highest BCUT2D eigenvalue weighted by Crippen LogP contribution is 2.70. The first-order valence-corrected chi connectivity index (χ1v) is 10.00. The summed E-state index contributed by atoms with van der Waals surface area (Å²) >= 11 is 0. The number of carbonyl (C=O) groups is 1. The molecule has 4 rings (SSSR count). The molecule has 5 atom stereocenters. The molecule has 2 bridgehead atoms. The van der Waals surface area contributed by atoms with Crippen molar-refractivity contribution in [2.45, 2.75) is 58.8 Å². The number of aliphatic hydroxyl groups excluding tert-OH is 1. The van der Waals surface area contributed by atoms with Crippen molar-refractivity contribution in [1.29, 1.82) is 0 Å². The topological polar surface area (TPSA) is 67.8 Å². The number of fused-ring (bicyclic) bond motifs is 1. The second-order valence-electron chi connectivity index (χ2n) is 9.20. The van der Waals surface area contributed by atoms with E-state index in [2.05, 4.69) is 25.2 Å². The number of ether oxygens (including phenoxy) is 2.